The number of anilines is 1. The Balaban J connectivity index is 1.67. The first-order valence-electron chi connectivity index (χ1n) is 8.93. The van der Waals surface area contributed by atoms with Crippen LogP contribution in [0.15, 0.2) is 35.7 Å². The third-order valence-electron chi connectivity index (χ3n) is 4.80. The first kappa shape index (κ1) is 18.8. The molecule has 136 valence electrons. The van der Waals surface area contributed by atoms with Crippen molar-refractivity contribution in [3.8, 4) is 6.07 Å². The summed E-state index contributed by atoms with van der Waals surface area (Å²) in [5.41, 5.74) is 1.54. The molecule has 0 unspecified atom stereocenters. The fourth-order valence-corrected chi connectivity index (χ4v) is 4.36. The van der Waals surface area contributed by atoms with Gasteiger partial charge in [-0.25, -0.2) is 0 Å². The summed E-state index contributed by atoms with van der Waals surface area (Å²) in [5.74, 6) is 0.154. The van der Waals surface area contributed by atoms with Crippen LogP contribution in [0.3, 0.4) is 0 Å². The highest BCUT2D eigenvalue weighted by atomic mass is 35.5. The van der Waals surface area contributed by atoms with Gasteiger partial charge in [0.25, 0.3) is 5.91 Å². The largest absolute Gasteiger partial charge is 0.371 e. The molecule has 0 saturated carbocycles. The number of piperidine rings is 1. The number of nitrogens with zero attached hydrogens (tertiary/aromatic N) is 3. The Bertz CT molecular complexity index is 792. The van der Waals surface area contributed by atoms with Gasteiger partial charge in [0, 0.05) is 31.4 Å². The van der Waals surface area contributed by atoms with E-state index in [1.165, 1.54) is 11.3 Å². The van der Waals surface area contributed by atoms with Gasteiger partial charge in [0.05, 0.1) is 15.5 Å². The van der Waals surface area contributed by atoms with E-state index in [0.717, 1.165) is 49.5 Å². The average Bonchev–Trinajstić information content (AvgIpc) is 3.20. The minimum atomic E-state index is 0.154. The maximum atomic E-state index is 12.8. The number of thiophene rings is 1. The van der Waals surface area contributed by atoms with Crippen molar-refractivity contribution in [2.45, 2.75) is 32.2 Å². The predicted molar refractivity (Wildman–Crippen MR) is 107 cm³/mol. The molecule has 0 radical (unpaired) electrons. The number of benzene rings is 1. The zero-order valence-corrected chi connectivity index (χ0v) is 16.4. The molecular weight excluding hydrogens is 366 g/mol. The standard InChI is InChI=1S/C20H22ClN3OS/c1-2-9-24(20(25)19-4-3-12-26-19)16-7-10-23(11-8-16)17-6-5-15(14-22)18(21)13-17/h3-6,12-13,16H,2,7-11H2,1H3. The number of carbonyl (C=O) groups excluding carboxylic acids is 1. The van der Waals surface area contributed by atoms with Gasteiger partial charge in [-0.3, -0.25) is 4.79 Å². The maximum Gasteiger partial charge on any atom is 0.264 e. The minimum Gasteiger partial charge on any atom is -0.371 e. The fourth-order valence-electron chi connectivity index (χ4n) is 3.46. The van der Waals surface area contributed by atoms with Gasteiger partial charge in [0.15, 0.2) is 0 Å². The molecule has 1 amide bonds. The molecule has 1 aliphatic rings. The molecule has 26 heavy (non-hydrogen) atoms. The molecule has 6 heteroatoms. The summed E-state index contributed by atoms with van der Waals surface area (Å²) in [6, 6.07) is 11.8. The van der Waals surface area contributed by atoms with Crippen molar-refractivity contribution in [3.05, 3.63) is 51.2 Å². The van der Waals surface area contributed by atoms with Crippen LogP contribution in [0.5, 0.6) is 0 Å². The third-order valence-corrected chi connectivity index (χ3v) is 5.97. The molecule has 1 saturated heterocycles. The summed E-state index contributed by atoms with van der Waals surface area (Å²) in [7, 11) is 0. The third kappa shape index (κ3) is 4.03. The molecule has 1 fully saturated rings. The van der Waals surface area contributed by atoms with E-state index in [-0.39, 0.29) is 11.9 Å². The van der Waals surface area contributed by atoms with Gasteiger partial charge in [-0.15, -0.1) is 11.3 Å². The Labute approximate surface area is 163 Å². The highest BCUT2D eigenvalue weighted by molar-refractivity contribution is 7.12. The smallest absolute Gasteiger partial charge is 0.264 e. The highest BCUT2D eigenvalue weighted by Crippen LogP contribution is 2.28. The van der Waals surface area contributed by atoms with E-state index in [9.17, 15) is 4.79 Å². The summed E-state index contributed by atoms with van der Waals surface area (Å²) in [6.45, 7) is 4.67. The van der Waals surface area contributed by atoms with Crippen LogP contribution in [0.2, 0.25) is 5.02 Å². The fraction of sp³-hybridized carbons (Fsp3) is 0.400. The molecule has 0 atom stereocenters. The lowest BCUT2D eigenvalue weighted by Crippen LogP contribution is -2.47. The van der Waals surface area contributed by atoms with Crippen molar-refractivity contribution in [3.63, 3.8) is 0 Å². The number of hydrogen-bond donors (Lipinski definition) is 0. The van der Waals surface area contributed by atoms with Crippen LogP contribution in [0, 0.1) is 11.3 Å². The van der Waals surface area contributed by atoms with Crippen LogP contribution in [0.4, 0.5) is 5.69 Å². The molecule has 2 aromatic rings. The number of nitriles is 1. The lowest BCUT2D eigenvalue weighted by atomic mass is 10.0. The molecular formula is C20H22ClN3OS. The van der Waals surface area contributed by atoms with Gasteiger partial charge >= 0.3 is 0 Å². The summed E-state index contributed by atoms with van der Waals surface area (Å²) in [5, 5.41) is 11.5. The zero-order chi connectivity index (χ0) is 18.5. The molecule has 1 aliphatic heterocycles. The number of hydrogen-bond acceptors (Lipinski definition) is 4. The SMILES string of the molecule is CCCN(C(=O)c1cccs1)C1CCN(c2ccc(C#N)c(Cl)c2)CC1. The van der Waals surface area contributed by atoms with Gasteiger partial charge in [0.1, 0.15) is 6.07 Å². The zero-order valence-electron chi connectivity index (χ0n) is 14.8. The second-order valence-electron chi connectivity index (χ2n) is 6.47. The van der Waals surface area contributed by atoms with Gasteiger partial charge in [0.2, 0.25) is 0 Å². The van der Waals surface area contributed by atoms with Crippen molar-refractivity contribution in [1.29, 1.82) is 5.26 Å². The van der Waals surface area contributed by atoms with Gasteiger partial charge in [-0.1, -0.05) is 24.6 Å². The first-order valence-corrected chi connectivity index (χ1v) is 10.2. The molecule has 0 bridgehead atoms. The van der Waals surface area contributed by atoms with Crippen molar-refractivity contribution < 1.29 is 4.79 Å². The highest BCUT2D eigenvalue weighted by Gasteiger charge is 2.28. The van der Waals surface area contributed by atoms with Gasteiger partial charge < -0.3 is 9.80 Å². The van der Waals surface area contributed by atoms with E-state index in [2.05, 4.69) is 22.8 Å². The monoisotopic (exact) mass is 387 g/mol. The van der Waals surface area contributed by atoms with Crippen LogP contribution in [0.1, 0.15) is 41.4 Å². The quantitative estimate of drug-likeness (QED) is 0.740. The van der Waals surface area contributed by atoms with E-state index >= 15 is 0 Å². The van der Waals surface area contributed by atoms with Crippen LogP contribution in [-0.2, 0) is 0 Å². The van der Waals surface area contributed by atoms with Crippen LogP contribution in [0.25, 0.3) is 0 Å². The molecule has 4 nitrogen and oxygen atoms in total. The molecule has 1 aromatic heterocycles. The van der Waals surface area contributed by atoms with E-state index in [1.807, 2.05) is 29.6 Å². The second-order valence-corrected chi connectivity index (χ2v) is 7.82. The molecule has 0 spiro atoms. The van der Waals surface area contributed by atoms with Crippen LogP contribution in [-0.4, -0.2) is 36.5 Å². The van der Waals surface area contributed by atoms with E-state index < -0.39 is 0 Å². The lowest BCUT2D eigenvalue weighted by Gasteiger charge is -2.39. The van der Waals surface area contributed by atoms with Crippen LogP contribution >= 0.6 is 22.9 Å². The maximum absolute atomic E-state index is 12.8. The molecule has 0 aliphatic carbocycles. The van der Waals surface area contributed by atoms with Crippen molar-refractivity contribution in [2.75, 3.05) is 24.5 Å². The molecule has 0 N–H and O–H groups in total. The Morgan fingerprint density at radius 3 is 2.73 bits per heavy atom. The van der Waals surface area contributed by atoms with Gasteiger partial charge in [-0.2, -0.15) is 5.26 Å². The Morgan fingerprint density at radius 2 is 2.15 bits per heavy atom. The first-order chi connectivity index (χ1) is 12.6. The number of amides is 1. The summed E-state index contributed by atoms with van der Waals surface area (Å²) in [6.07, 6.45) is 2.84. The molecule has 3 rings (SSSR count). The van der Waals surface area contributed by atoms with Crippen LogP contribution < -0.4 is 4.90 Å². The Morgan fingerprint density at radius 1 is 1.38 bits per heavy atom. The molecule has 2 heterocycles. The Hall–Kier alpha value is -2.03. The number of carbonyl (C=O) groups is 1. The number of rotatable bonds is 5. The van der Waals surface area contributed by atoms with Gasteiger partial charge in [-0.05, 0) is 48.9 Å². The summed E-state index contributed by atoms with van der Waals surface area (Å²) in [4.78, 5) is 18.0. The van der Waals surface area contributed by atoms with E-state index in [4.69, 9.17) is 16.9 Å². The van der Waals surface area contributed by atoms with Crippen molar-refractivity contribution >= 4 is 34.5 Å². The normalized spacial score (nSPS) is 14.9. The minimum absolute atomic E-state index is 0.154. The topological polar surface area (TPSA) is 47.3 Å². The number of halogens is 1. The molecule has 1 aromatic carbocycles. The second kappa shape index (κ2) is 8.57. The predicted octanol–water partition coefficient (Wildman–Crippen LogP) is 4.79. The average molecular weight is 388 g/mol. The lowest BCUT2D eigenvalue weighted by molar-refractivity contribution is 0.0655. The van der Waals surface area contributed by atoms with E-state index in [0.29, 0.717) is 10.6 Å². The van der Waals surface area contributed by atoms with Crippen molar-refractivity contribution in [2.24, 2.45) is 0 Å². The van der Waals surface area contributed by atoms with E-state index in [1.54, 1.807) is 6.07 Å². The summed E-state index contributed by atoms with van der Waals surface area (Å²) < 4.78 is 0. The Kier molecular flexibility index (Phi) is 6.18. The van der Waals surface area contributed by atoms with Crippen molar-refractivity contribution in [1.82, 2.24) is 4.90 Å². The summed E-state index contributed by atoms with van der Waals surface area (Å²) >= 11 is 7.68.